The zero-order valence-electron chi connectivity index (χ0n) is 10.0. The minimum absolute atomic E-state index is 0.269. The Kier molecular flexibility index (Phi) is 3.43. The minimum Gasteiger partial charge on any atom is -0.395 e. The highest BCUT2D eigenvalue weighted by atomic mass is 35.5. The Morgan fingerprint density at radius 3 is 1.85 bits per heavy atom. The van der Waals surface area contributed by atoms with Crippen LogP contribution in [0.15, 0.2) is 36.4 Å². The van der Waals surface area contributed by atoms with E-state index in [0.29, 0.717) is 27.6 Å². The highest BCUT2D eigenvalue weighted by molar-refractivity contribution is 7.48. The highest BCUT2D eigenvalue weighted by Gasteiger charge is 2.30. The van der Waals surface area contributed by atoms with Crippen LogP contribution in [0.3, 0.4) is 0 Å². The third-order valence-electron chi connectivity index (χ3n) is 2.85. The SMILES string of the molecule is O=P1(O)Oc2ccc(Cl)cc2Cc2cc(Cl)ccc2O1. The van der Waals surface area contributed by atoms with Gasteiger partial charge in [-0.1, -0.05) is 23.2 Å². The molecule has 0 unspecified atom stereocenters. The Bertz CT molecular complexity index is 675. The Morgan fingerprint density at radius 2 is 1.40 bits per heavy atom. The van der Waals surface area contributed by atoms with Crippen molar-refractivity contribution < 1.29 is 18.5 Å². The summed E-state index contributed by atoms with van der Waals surface area (Å²) in [4.78, 5) is 9.76. The lowest BCUT2D eigenvalue weighted by Crippen LogP contribution is -2.07. The van der Waals surface area contributed by atoms with Crippen LogP contribution in [0.25, 0.3) is 0 Å². The molecule has 7 heteroatoms. The zero-order valence-corrected chi connectivity index (χ0v) is 12.5. The molecule has 0 saturated heterocycles. The first kappa shape index (κ1) is 13.8. The second-order valence-electron chi connectivity index (χ2n) is 4.33. The lowest BCUT2D eigenvalue weighted by molar-refractivity contribution is 0.287. The Morgan fingerprint density at radius 1 is 0.950 bits per heavy atom. The monoisotopic (exact) mass is 330 g/mol. The van der Waals surface area contributed by atoms with E-state index in [0.717, 1.165) is 0 Å². The van der Waals surface area contributed by atoms with Gasteiger partial charge in [-0.2, -0.15) is 0 Å². The van der Waals surface area contributed by atoms with E-state index in [1.54, 1.807) is 36.4 Å². The minimum atomic E-state index is -4.24. The summed E-state index contributed by atoms with van der Waals surface area (Å²) in [5.74, 6) is 0.539. The second-order valence-corrected chi connectivity index (χ2v) is 6.51. The smallest absolute Gasteiger partial charge is 0.395 e. The summed E-state index contributed by atoms with van der Waals surface area (Å²) in [6, 6.07) is 9.63. The molecule has 2 aromatic carbocycles. The molecule has 0 spiro atoms. The van der Waals surface area contributed by atoms with Gasteiger partial charge in [0.2, 0.25) is 0 Å². The van der Waals surface area contributed by atoms with Crippen LogP contribution < -0.4 is 9.05 Å². The lowest BCUT2D eigenvalue weighted by atomic mass is 10.0. The molecule has 1 aliphatic heterocycles. The first-order chi connectivity index (χ1) is 9.43. The average molecular weight is 331 g/mol. The molecule has 0 atom stereocenters. The molecule has 0 radical (unpaired) electrons. The van der Waals surface area contributed by atoms with Crippen LogP contribution in [0, 0.1) is 0 Å². The van der Waals surface area contributed by atoms with Gasteiger partial charge in [0.1, 0.15) is 11.5 Å². The van der Waals surface area contributed by atoms with Crippen molar-refractivity contribution >= 4 is 31.0 Å². The number of phosphoric ester groups is 1. The summed E-state index contributed by atoms with van der Waals surface area (Å²) in [5, 5.41) is 1.04. The van der Waals surface area contributed by atoms with E-state index in [1.807, 2.05) is 0 Å². The third-order valence-corrected chi connectivity index (χ3v) is 4.18. The van der Waals surface area contributed by atoms with Crippen molar-refractivity contribution in [2.45, 2.75) is 6.42 Å². The molecule has 2 aromatic rings. The maximum absolute atomic E-state index is 11.9. The molecule has 1 aliphatic rings. The number of phosphoric acid groups is 1. The van der Waals surface area contributed by atoms with E-state index < -0.39 is 7.82 Å². The number of rotatable bonds is 0. The molecule has 0 bridgehead atoms. The van der Waals surface area contributed by atoms with Crippen molar-refractivity contribution in [3.63, 3.8) is 0 Å². The fourth-order valence-electron chi connectivity index (χ4n) is 2.02. The highest BCUT2D eigenvalue weighted by Crippen LogP contribution is 2.49. The van der Waals surface area contributed by atoms with Gasteiger partial charge in [-0.15, -0.1) is 0 Å². The van der Waals surface area contributed by atoms with Crippen molar-refractivity contribution in [1.29, 1.82) is 0 Å². The topological polar surface area (TPSA) is 55.8 Å². The molecule has 0 fully saturated rings. The van der Waals surface area contributed by atoms with Gasteiger partial charge in [0, 0.05) is 27.6 Å². The van der Waals surface area contributed by atoms with Crippen LogP contribution in [-0.4, -0.2) is 4.89 Å². The summed E-state index contributed by atoms with van der Waals surface area (Å²) in [5.41, 5.74) is 1.39. The summed E-state index contributed by atoms with van der Waals surface area (Å²) in [6.45, 7) is 0. The molecule has 0 aromatic heterocycles. The molecule has 1 heterocycles. The third kappa shape index (κ3) is 2.79. The van der Waals surface area contributed by atoms with Crippen LogP contribution >= 0.6 is 31.0 Å². The first-order valence-corrected chi connectivity index (χ1v) is 7.97. The molecule has 20 heavy (non-hydrogen) atoms. The number of halogens is 2. The van der Waals surface area contributed by atoms with Gasteiger partial charge in [-0.3, -0.25) is 4.89 Å². The summed E-state index contributed by atoms with van der Waals surface area (Å²) in [7, 11) is -4.24. The van der Waals surface area contributed by atoms with Crippen molar-refractivity contribution in [2.24, 2.45) is 0 Å². The van der Waals surface area contributed by atoms with Crippen LogP contribution in [0.4, 0.5) is 0 Å². The molecule has 3 rings (SSSR count). The second kappa shape index (κ2) is 4.97. The Balaban J connectivity index is 2.18. The van der Waals surface area contributed by atoms with E-state index in [4.69, 9.17) is 32.2 Å². The number of hydrogen-bond acceptors (Lipinski definition) is 3. The predicted molar refractivity (Wildman–Crippen MR) is 76.8 cm³/mol. The average Bonchev–Trinajstić information content (AvgIpc) is 2.34. The Hall–Kier alpha value is -1.19. The number of fused-ring (bicyclic) bond motifs is 2. The van der Waals surface area contributed by atoms with Crippen molar-refractivity contribution in [3.05, 3.63) is 57.6 Å². The number of benzene rings is 2. The standard InChI is InChI=1S/C13H9Cl2O4P/c14-10-1-3-12-8(6-10)5-9-7-11(15)2-4-13(9)19-20(16,17)18-12/h1-4,6-7H,5H2,(H,16,17). The fraction of sp³-hybridized carbons (Fsp3) is 0.0769. The van der Waals surface area contributed by atoms with E-state index in [9.17, 15) is 9.46 Å². The largest absolute Gasteiger partial charge is 0.584 e. The fourth-order valence-corrected chi connectivity index (χ4v) is 3.30. The Labute approximate surface area is 125 Å². The van der Waals surface area contributed by atoms with E-state index >= 15 is 0 Å². The van der Waals surface area contributed by atoms with Gasteiger partial charge in [-0.25, -0.2) is 4.57 Å². The summed E-state index contributed by atoms with van der Waals surface area (Å²) >= 11 is 11.9. The van der Waals surface area contributed by atoms with E-state index in [1.165, 1.54) is 0 Å². The van der Waals surface area contributed by atoms with Crippen LogP contribution in [0.5, 0.6) is 11.5 Å². The molecule has 0 amide bonds. The van der Waals surface area contributed by atoms with Crippen molar-refractivity contribution in [1.82, 2.24) is 0 Å². The van der Waals surface area contributed by atoms with Gasteiger partial charge in [0.15, 0.2) is 0 Å². The van der Waals surface area contributed by atoms with Crippen LogP contribution in [0.2, 0.25) is 10.0 Å². The van der Waals surface area contributed by atoms with E-state index in [-0.39, 0.29) is 11.5 Å². The zero-order chi connectivity index (χ0) is 14.3. The maximum atomic E-state index is 11.9. The molecule has 104 valence electrons. The molecular weight excluding hydrogens is 322 g/mol. The normalized spacial score (nSPS) is 15.9. The van der Waals surface area contributed by atoms with Gasteiger partial charge >= 0.3 is 7.82 Å². The molecule has 0 saturated carbocycles. The molecule has 0 aliphatic carbocycles. The lowest BCUT2D eigenvalue weighted by Gasteiger charge is -2.21. The predicted octanol–water partition coefficient (Wildman–Crippen LogP) is 4.46. The summed E-state index contributed by atoms with van der Waals surface area (Å²) < 4.78 is 22.1. The summed E-state index contributed by atoms with van der Waals surface area (Å²) in [6.07, 6.45) is 0.436. The van der Waals surface area contributed by atoms with Gasteiger partial charge < -0.3 is 9.05 Å². The van der Waals surface area contributed by atoms with Crippen molar-refractivity contribution in [3.8, 4) is 11.5 Å². The molecule has 4 nitrogen and oxygen atoms in total. The number of hydrogen-bond donors (Lipinski definition) is 1. The van der Waals surface area contributed by atoms with Gasteiger partial charge in [0.25, 0.3) is 0 Å². The molecular formula is C13H9Cl2O4P. The van der Waals surface area contributed by atoms with Crippen LogP contribution in [0.1, 0.15) is 11.1 Å². The van der Waals surface area contributed by atoms with E-state index in [2.05, 4.69) is 0 Å². The van der Waals surface area contributed by atoms with Gasteiger partial charge in [-0.05, 0) is 36.4 Å². The van der Waals surface area contributed by atoms with Gasteiger partial charge in [0.05, 0.1) is 0 Å². The maximum Gasteiger partial charge on any atom is 0.584 e. The van der Waals surface area contributed by atoms with Crippen molar-refractivity contribution in [2.75, 3.05) is 0 Å². The molecule has 1 N–H and O–H groups in total. The first-order valence-electron chi connectivity index (χ1n) is 5.72. The van der Waals surface area contributed by atoms with Crippen LogP contribution in [-0.2, 0) is 11.0 Å². The quantitative estimate of drug-likeness (QED) is 0.725.